The Morgan fingerprint density at radius 1 is 0.643 bits per heavy atom. The van der Waals surface area contributed by atoms with Gasteiger partial charge in [0.1, 0.15) is 48.8 Å². The van der Waals surface area contributed by atoms with E-state index >= 15 is 0 Å². The molecule has 0 bridgehead atoms. The summed E-state index contributed by atoms with van der Waals surface area (Å²) in [5.74, 6) is 0.382. The maximum absolute atomic E-state index is 12.3. The monoisotopic (exact) mass is 800 g/mol. The second-order valence-electron chi connectivity index (χ2n) is 21.2. The quantitative estimate of drug-likeness (QED) is 0.173. The van der Waals surface area contributed by atoms with Crippen LogP contribution in [-0.2, 0) is 23.7 Å². The van der Waals surface area contributed by atoms with Crippen LogP contribution in [0.5, 0.6) is 0 Å². The zero-order valence-corrected chi connectivity index (χ0v) is 34.8. The fraction of sp³-hybridized carbons (Fsp3) is 1.00. The molecule has 14 nitrogen and oxygen atoms in total. The first-order valence-electron chi connectivity index (χ1n) is 21.3. The van der Waals surface area contributed by atoms with E-state index in [-0.39, 0.29) is 39.9 Å². The molecule has 0 aromatic heterocycles. The summed E-state index contributed by atoms with van der Waals surface area (Å²) < 4.78 is 31.3. The van der Waals surface area contributed by atoms with Gasteiger partial charge in [-0.3, -0.25) is 0 Å². The minimum absolute atomic E-state index is 0.0201. The zero-order chi connectivity index (χ0) is 41.3. The number of aliphatic hydroxyl groups is 9. The predicted molar refractivity (Wildman–Crippen MR) is 200 cm³/mol. The Morgan fingerprint density at radius 3 is 1.95 bits per heavy atom. The van der Waals surface area contributed by atoms with E-state index in [4.69, 9.17) is 23.7 Å². The lowest BCUT2D eigenvalue weighted by molar-refractivity contribution is -0.376. The van der Waals surface area contributed by atoms with Crippen molar-refractivity contribution in [2.45, 2.75) is 211 Å². The van der Waals surface area contributed by atoms with Crippen molar-refractivity contribution in [2.75, 3.05) is 6.61 Å². The maximum atomic E-state index is 12.3. The fourth-order valence-corrected chi connectivity index (χ4v) is 14.3. The molecule has 0 aromatic carbocycles. The molecule has 9 N–H and O–H groups in total. The Bertz CT molecular complexity index is 1430. The van der Waals surface area contributed by atoms with E-state index in [1.807, 2.05) is 13.8 Å². The van der Waals surface area contributed by atoms with Gasteiger partial charge in [0.25, 0.3) is 0 Å². The highest BCUT2D eigenvalue weighted by Crippen LogP contribution is 2.76. The van der Waals surface area contributed by atoms with E-state index in [1.165, 1.54) is 6.92 Å². The molecule has 0 amide bonds. The van der Waals surface area contributed by atoms with E-state index in [2.05, 4.69) is 41.5 Å². The standard InChI is InChI=1S/C42H72O14/c1-19-28(46)30(48)32(50)35(52-19)55-33-31(49)29(47)23(18-43)53-36(33)54-26-12-13-39(6)24(37(26,2)3)11-15-40(7)25(39)16-21(44)27-20(10-14-41(27,40)8)42(9)17-22(45)34(51)38(4,5)56-42/h19-36,43-51H,10-18H2,1-9H3/t19-,20-,21+,22-,23+,24-,25+,26-,27-,28-,29+,30+,31-,32+,33+,34+,35-,36-,39-,40+,41+,42-/m0/s1. The topological polar surface area (TPSA) is 228 Å². The van der Waals surface area contributed by atoms with Crippen LogP contribution in [0.25, 0.3) is 0 Å². The molecule has 0 spiro atoms. The minimum atomic E-state index is -1.66. The third kappa shape index (κ3) is 6.41. The summed E-state index contributed by atoms with van der Waals surface area (Å²) >= 11 is 0. The van der Waals surface area contributed by atoms with Gasteiger partial charge in [-0.25, -0.2) is 0 Å². The number of hydrogen-bond donors (Lipinski definition) is 9. The van der Waals surface area contributed by atoms with Crippen LogP contribution in [0.4, 0.5) is 0 Å². The predicted octanol–water partition coefficient (Wildman–Crippen LogP) is 1.36. The van der Waals surface area contributed by atoms with Gasteiger partial charge in [0.05, 0.1) is 42.2 Å². The Morgan fingerprint density at radius 2 is 1.30 bits per heavy atom. The smallest absolute Gasteiger partial charge is 0.187 e. The third-order valence-corrected chi connectivity index (χ3v) is 17.5. The van der Waals surface area contributed by atoms with Crippen molar-refractivity contribution in [1.29, 1.82) is 0 Å². The molecule has 14 heteroatoms. The fourth-order valence-electron chi connectivity index (χ4n) is 14.3. The van der Waals surface area contributed by atoms with E-state index in [0.717, 1.165) is 32.1 Å². The lowest BCUT2D eigenvalue weighted by Crippen LogP contribution is -2.68. The van der Waals surface area contributed by atoms with E-state index in [0.29, 0.717) is 19.3 Å². The van der Waals surface area contributed by atoms with Crippen molar-refractivity contribution in [2.24, 2.45) is 45.3 Å². The number of aliphatic hydroxyl groups excluding tert-OH is 9. The summed E-state index contributed by atoms with van der Waals surface area (Å²) in [5, 5.41) is 97.7. The number of rotatable bonds is 6. The van der Waals surface area contributed by atoms with E-state index in [9.17, 15) is 46.0 Å². The van der Waals surface area contributed by atoms with Crippen molar-refractivity contribution >= 4 is 0 Å². The Kier molecular flexibility index (Phi) is 11.3. The molecule has 324 valence electrons. The van der Waals surface area contributed by atoms with Gasteiger partial charge in [0, 0.05) is 6.42 Å². The second-order valence-corrected chi connectivity index (χ2v) is 21.2. The molecule has 7 aliphatic rings. The molecule has 3 aliphatic heterocycles. The first-order chi connectivity index (χ1) is 25.9. The van der Waals surface area contributed by atoms with Crippen molar-refractivity contribution in [3.05, 3.63) is 0 Å². The Balaban J connectivity index is 1.12. The molecule has 7 rings (SSSR count). The average Bonchev–Trinajstić information content (AvgIpc) is 3.50. The summed E-state index contributed by atoms with van der Waals surface area (Å²) in [5.41, 5.74) is -2.48. The highest BCUT2D eigenvalue weighted by atomic mass is 16.8. The van der Waals surface area contributed by atoms with Gasteiger partial charge < -0.3 is 69.6 Å². The molecule has 4 saturated carbocycles. The van der Waals surface area contributed by atoms with Crippen LogP contribution < -0.4 is 0 Å². The van der Waals surface area contributed by atoms with Crippen LogP contribution in [0.1, 0.15) is 114 Å². The number of hydrogen-bond acceptors (Lipinski definition) is 14. The number of fused-ring (bicyclic) bond motifs is 5. The van der Waals surface area contributed by atoms with Gasteiger partial charge in [-0.1, -0.05) is 34.6 Å². The van der Waals surface area contributed by atoms with E-state index in [1.54, 1.807) is 0 Å². The first kappa shape index (κ1) is 43.5. The van der Waals surface area contributed by atoms with E-state index < -0.39 is 109 Å². The van der Waals surface area contributed by atoms with Crippen LogP contribution >= 0.6 is 0 Å². The highest BCUT2D eigenvalue weighted by molar-refractivity contribution is 5.21. The molecule has 0 unspecified atom stereocenters. The van der Waals surface area contributed by atoms with Crippen LogP contribution in [0, 0.1) is 45.3 Å². The summed E-state index contributed by atoms with van der Waals surface area (Å²) in [6.07, 6.45) is -10.6. The summed E-state index contributed by atoms with van der Waals surface area (Å²) in [4.78, 5) is 0. The highest BCUT2D eigenvalue weighted by Gasteiger charge is 2.72. The van der Waals surface area contributed by atoms with Crippen LogP contribution in [0.2, 0.25) is 0 Å². The average molecular weight is 801 g/mol. The van der Waals surface area contributed by atoms with Gasteiger partial charge in [-0.05, 0) is 118 Å². The molecule has 3 heterocycles. The summed E-state index contributed by atoms with van der Waals surface area (Å²) in [7, 11) is 0. The largest absolute Gasteiger partial charge is 0.394 e. The molecule has 3 saturated heterocycles. The van der Waals surface area contributed by atoms with Gasteiger partial charge in [0.2, 0.25) is 0 Å². The lowest BCUT2D eigenvalue weighted by atomic mass is 9.35. The van der Waals surface area contributed by atoms with Crippen LogP contribution in [-0.4, -0.2) is 150 Å². The molecule has 4 aliphatic carbocycles. The Labute approximate surface area is 331 Å². The van der Waals surface area contributed by atoms with Crippen LogP contribution in [0.3, 0.4) is 0 Å². The van der Waals surface area contributed by atoms with Gasteiger partial charge in [-0.2, -0.15) is 0 Å². The SMILES string of the molecule is C[C@@H]1O[C@@H](O[C@H]2[C@H](O[C@H]3CC[C@]4(C)[C@H]5C[C@@H](O)[C@@H]6[C@@H]([C@]7(C)C[C@H](O)[C@@H](O)C(C)(C)O7)CC[C@@]6(C)[C@]5(C)CC[C@H]4C3(C)C)O[C@H](CO)[C@@H](O)[C@@H]2O)[C@H](O)[C@H](O)[C@H]1O. The van der Waals surface area contributed by atoms with Gasteiger partial charge in [0.15, 0.2) is 12.6 Å². The molecular weight excluding hydrogens is 728 g/mol. The Hall–Kier alpha value is -0.560. The number of ether oxygens (including phenoxy) is 5. The molecule has 22 atom stereocenters. The van der Waals surface area contributed by atoms with Gasteiger partial charge in [-0.15, -0.1) is 0 Å². The molecule has 0 radical (unpaired) electrons. The normalized spacial score (nSPS) is 58.2. The van der Waals surface area contributed by atoms with Crippen molar-refractivity contribution in [3.63, 3.8) is 0 Å². The molecule has 0 aromatic rings. The zero-order valence-electron chi connectivity index (χ0n) is 34.8. The third-order valence-electron chi connectivity index (χ3n) is 17.5. The maximum Gasteiger partial charge on any atom is 0.187 e. The van der Waals surface area contributed by atoms with Gasteiger partial charge >= 0.3 is 0 Å². The molecule has 56 heavy (non-hydrogen) atoms. The molecule has 7 fully saturated rings. The minimum Gasteiger partial charge on any atom is -0.394 e. The second kappa shape index (κ2) is 14.5. The summed E-state index contributed by atoms with van der Waals surface area (Å²) in [6.45, 7) is 18.3. The van der Waals surface area contributed by atoms with Crippen LogP contribution in [0.15, 0.2) is 0 Å². The van der Waals surface area contributed by atoms with Crippen molar-refractivity contribution in [1.82, 2.24) is 0 Å². The first-order valence-corrected chi connectivity index (χ1v) is 21.3. The molecular formula is C42H72O14. The van der Waals surface area contributed by atoms with Crippen molar-refractivity contribution in [3.8, 4) is 0 Å². The summed E-state index contributed by atoms with van der Waals surface area (Å²) in [6, 6.07) is 0. The lowest BCUT2D eigenvalue weighted by Gasteiger charge is -2.71. The van der Waals surface area contributed by atoms with Crippen molar-refractivity contribution < 1.29 is 69.6 Å².